The van der Waals surface area contributed by atoms with Crippen molar-refractivity contribution in [3.05, 3.63) is 0 Å². The molecular weight excluding hydrogens is 142 g/mol. The number of nitrogens with two attached hydrogens (primary N) is 1. The maximum Gasteiger partial charge on any atom is 0.131 e. The van der Waals surface area contributed by atoms with E-state index in [4.69, 9.17) is 15.6 Å². The van der Waals surface area contributed by atoms with Gasteiger partial charge in [0.1, 0.15) is 6.23 Å². The summed E-state index contributed by atoms with van der Waals surface area (Å²) in [5.41, 5.74) is 5.43. The van der Waals surface area contributed by atoms with Gasteiger partial charge in [-0.3, -0.25) is 0 Å². The summed E-state index contributed by atoms with van der Waals surface area (Å²) in [6.07, 6.45) is 2.26. The van der Waals surface area contributed by atoms with Crippen LogP contribution in [0.4, 0.5) is 0 Å². The largest absolute Gasteiger partial charge is 0.389 e. The molecule has 3 heteroatoms. The Morgan fingerprint density at radius 3 is 2.55 bits per heavy atom. The van der Waals surface area contributed by atoms with Gasteiger partial charge in [0.15, 0.2) is 0 Å². The number of aliphatic hydroxyl groups is 1. The second-order valence-corrected chi connectivity index (χ2v) is 2.78. The van der Waals surface area contributed by atoms with E-state index >= 15 is 0 Å². The van der Waals surface area contributed by atoms with Gasteiger partial charge in [0.05, 0.1) is 6.10 Å². The van der Waals surface area contributed by atoms with Gasteiger partial charge in [-0.25, -0.2) is 0 Å². The molecular formula is C8H19NO2. The second-order valence-electron chi connectivity index (χ2n) is 2.78. The van der Waals surface area contributed by atoms with Crippen molar-refractivity contribution in [1.82, 2.24) is 0 Å². The molecule has 2 unspecified atom stereocenters. The molecule has 0 aliphatic heterocycles. The van der Waals surface area contributed by atoms with Crippen LogP contribution in [0.15, 0.2) is 0 Å². The zero-order chi connectivity index (χ0) is 8.69. The maximum atomic E-state index is 8.93. The van der Waals surface area contributed by atoms with Gasteiger partial charge in [0, 0.05) is 6.61 Å². The first-order valence-electron chi connectivity index (χ1n) is 4.23. The lowest BCUT2D eigenvalue weighted by Gasteiger charge is -2.14. The Bertz CT molecular complexity index is 86.2. The van der Waals surface area contributed by atoms with E-state index in [1.54, 1.807) is 6.92 Å². The average Bonchev–Trinajstić information content (AvgIpc) is 1.97. The quantitative estimate of drug-likeness (QED) is 0.448. The smallest absolute Gasteiger partial charge is 0.131 e. The second kappa shape index (κ2) is 6.58. The van der Waals surface area contributed by atoms with Crippen molar-refractivity contribution in [3.63, 3.8) is 0 Å². The average molecular weight is 161 g/mol. The van der Waals surface area contributed by atoms with Gasteiger partial charge in [0.2, 0.25) is 0 Å². The lowest BCUT2D eigenvalue weighted by molar-refractivity contribution is -0.0265. The molecule has 0 bridgehead atoms. The Hall–Kier alpha value is -0.120. The van der Waals surface area contributed by atoms with Gasteiger partial charge >= 0.3 is 0 Å². The molecule has 0 saturated heterocycles. The molecule has 68 valence electrons. The van der Waals surface area contributed by atoms with E-state index in [2.05, 4.69) is 6.92 Å². The molecule has 0 fully saturated rings. The van der Waals surface area contributed by atoms with Gasteiger partial charge in [0.25, 0.3) is 0 Å². The number of unbranched alkanes of at least 4 members (excludes halogenated alkanes) is 2. The van der Waals surface area contributed by atoms with Crippen LogP contribution in [0.2, 0.25) is 0 Å². The summed E-state index contributed by atoms with van der Waals surface area (Å²) in [6, 6.07) is 0. The Morgan fingerprint density at radius 2 is 2.09 bits per heavy atom. The number of aliphatic hydroxyl groups excluding tert-OH is 1. The number of rotatable bonds is 6. The minimum absolute atomic E-state index is 0.521. The van der Waals surface area contributed by atoms with Crippen molar-refractivity contribution in [1.29, 1.82) is 0 Å². The highest BCUT2D eigenvalue weighted by Gasteiger charge is 2.07. The van der Waals surface area contributed by atoms with Gasteiger partial charge < -0.3 is 15.6 Å². The topological polar surface area (TPSA) is 55.5 Å². The van der Waals surface area contributed by atoms with Crippen LogP contribution in [0.5, 0.6) is 0 Å². The van der Waals surface area contributed by atoms with Crippen molar-refractivity contribution in [3.8, 4) is 0 Å². The monoisotopic (exact) mass is 161 g/mol. The van der Waals surface area contributed by atoms with Crippen LogP contribution in [0.3, 0.4) is 0 Å². The lowest BCUT2D eigenvalue weighted by atomic mass is 10.3. The van der Waals surface area contributed by atoms with Crippen LogP contribution in [0.25, 0.3) is 0 Å². The molecule has 0 heterocycles. The molecule has 2 atom stereocenters. The van der Waals surface area contributed by atoms with E-state index in [0.717, 1.165) is 12.8 Å². The third kappa shape index (κ3) is 6.28. The summed E-state index contributed by atoms with van der Waals surface area (Å²) in [5.74, 6) is 0. The molecule has 0 aromatic rings. The first kappa shape index (κ1) is 10.9. The van der Waals surface area contributed by atoms with Crippen LogP contribution < -0.4 is 5.73 Å². The first-order chi connectivity index (χ1) is 5.18. The predicted octanol–water partition coefficient (Wildman–Crippen LogP) is 0.859. The van der Waals surface area contributed by atoms with Gasteiger partial charge in [-0.1, -0.05) is 19.8 Å². The summed E-state index contributed by atoms with van der Waals surface area (Å²) in [4.78, 5) is 0. The SMILES string of the molecule is CCCCCOC(N)C(C)O. The van der Waals surface area contributed by atoms with Crippen LogP contribution in [-0.4, -0.2) is 24.0 Å². The fourth-order valence-corrected chi connectivity index (χ4v) is 0.711. The summed E-state index contributed by atoms with van der Waals surface area (Å²) in [7, 11) is 0. The summed E-state index contributed by atoms with van der Waals surface area (Å²) < 4.78 is 5.13. The molecule has 0 rings (SSSR count). The molecule has 0 radical (unpaired) electrons. The molecule has 0 aromatic carbocycles. The fraction of sp³-hybridized carbons (Fsp3) is 1.00. The van der Waals surface area contributed by atoms with Gasteiger partial charge in [-0.05, 0) is 13.3 Å². The van der Waals surface area contributed by atoms with Crippen LogP contribution in [0.1, 0.15) is 33.1 Å². The van der Waals surface area contributed by atoms with Crippen LogP contribution in [-0.2, 0) is 4.74 Å². The minimum Gasteiger partial charge on any atom is -0.389 e. The number of hydrogen-bond acceptors (Lipinski definition) is 3. The highest BCUT2D eigenvalue weighted by atomic mass is 16.5. The van der Waals surface area contributed by atoms with Crippen molar-refractivity contribution in [2.45, 2.75) is 45.4 Å². The van der Waals surface area contributed by atoms with E-state index in [-0.39, 0.29) is 0 Å². The molecule has 0 amide bonds. The molecule has 0 saturated carbocycles. The third-order valence-electron chi connectivity index (χ3n) is 1.53. The third-order valence-corrected chi connectivity index (χ3v) is 1.53. The molecule has 0 aliphatic rings. The zero-order valence-corrected chi connectivity index (χ0v) is 7.42. The molecule has 3 N–H and O–H groups in total. The normalized spacial score (nSPS) is 16.4. The maximum absolute atomic E-state index is 8.93. The van der Waals surface area contributed by atoms with E-state index < -0.39 is 12.3 Å². The standard InChI is InChI=1S/C8H19NO2/c1-3-4-5-6-11-8(9)7(2)10/h7-8,10H,3-6,9H2,1-2H3. The number of ether oxygens (including phenoxy) is 1. The van der Waals surface area contributed by atoms with Crippen LogP contribution >= 0.6 is 0 Å². The first-order valence-corrected chi connectivity index (χ1v) is 4.23. The highest BCUT2D eigenvalue weighted by molar-refractivity contribution is 4.54. The van der Waals surface area contributed by atoms with Gasteiger partial charge in [-0.2, -0.15) is 0 Å². The summed E-state index contributed by atoms with van der Waals surface area (Å²) >= 11 is 0. The molecule has 11 heavy (non-hydrogen) atoms. The molecule has 0 aromatic heterocycles. The van der Waals surface area contributed by atoms with E-state index in [0.29, 0.717) is 6.61 Å². The minimum atomic E-state index is -0.573. The summed E-state index contributed by atoms with van der Waals surface area (Å²) in [6.45, 7) is 4.42. The van der Waals surface area contributed by atoms with Crippen LogP contribution in [0, 0.1) is 0 Å². The van der Waals surface area contributed by atoms with Crippen molar-refractivity contribution in [2.24, 2.45) is 5.73 Å². The lowest BCUT2D eigenvalue weighted by Crippen LogP contribution is -2.35. The van der Waals surface area contributed by atoms with Crippen molar-refractivity contribution < 1.29 is 9.84 Å². The fourth-order valence-electron chi connectivity index (χ4n) is 0.711. The van der Waals surface area contributed by atoms with E-state index in [9.17, 15) is 0 Å². The molecule has 0 spiro atoms. The molecule has 3 nitrogen and oxygen atoms in total. The highest BCUT2D eigenvalue weighted by Crippen LogP contribution is 1.97. The predicted molar refractivity (Wildman–Crippen MR) is 45.1 cm³/mol. The molecule has 0 aliphatic carbocycles. The van der Waals surface area contributed by atoms with Crippen molar-refractivity contribution in [2.75, 3.05) is 6.61 Å². The van der Waals surface area contributed by atoms with Crippen molar-refractivity contribution >= 4 is 0 Å². The Morgan fingerprint density at radius 1 is 1.45 bits per heavy atom. The van der Waals surface area contributed by atoms with E-state index in [1.165, 1.54) is 6.42 Å². The Labute approximate surface area is 68.5 Å². The van der Waals surface area contributed by atoms with E-state index in [1.807, 2.05) is 0 Å². The Balaban J connectivity index is 3.10. The zero-order valence-electron chi connectivity index (χ0n) is 7.42. The number of hydrogen-bond donors (Lipinski definition) is 2. The summed E-state index contributed by atoms with van der Waals surface area (Å²) in [5, 5.41) is 8.93. The Kier molecular flexibility index (Phi) is 6.51. The van der Waals surface area contributed by atoms with Gasteiger partial charge in [-0.15, -0.1) is 0 Å².